The van der Waals surface area contributed by atoms with Crippen LogP contribution < -0.4 is 10.4 Å². The molecule has 0 saturated heterocycles. The second kappa shape index (κ2) is 5.41. The summed E-state index contributed by atoms with van der Waals surface area (Å²) in [5.41, 5.74) is -1.58. The van der Waals surface area contributed by atoms with E-state index in [2.05, 4.69) is 9.97 Å². The molecule has 0 amide bonds. The largest absolute Gasteiger partial charge is 0.418 e. The van der Waals surface area contributed by atoms with Crippen molar-refractivity contribution < 1.29 is 21.6 Å². The van der Waals surface area contributed by atoms with E-state index in [0.717, 1.165) is 24.3 Å². The predicted octanol–water partition coefficient (Wildman–Crippen LogP) is 2.68. The first-order valence-electron chi connectivity index (χ1n) is 6.58. The number of sulfonamides is 1. The summed E-state index contributed by atoms with van der Waals surface area (Å²) in [6.45, 7) is 0. The van der Waals surface area contributed by atoms with Gasteiger partial charge in [0.1, 0.15) is 0 Å². The van der Waals surface area contributed by atoms with Crippen LogP contribution in [0.2, 0.25) is 0 Å². The normalized spacial score (nSPS) is 12.5. The number of alkyl halides is 3. The minimum atomic E-state index is -4.70. The van der Waals surface area contributed by atoms with Gasteiger partial charge in [-0.3, -0.25) is 4.72 Å². The fourth-order valence-electron chi connectivity index (χ4n) is 2.20. The lowest BCUT2D eigenvalue weighted by Gasteiger charge is -2.14. The Morgan fingerprint density at radius 1 is 0.958 bits per heavy atom. The first-order valence-corrected chi connectivity index (χ1v) is 8.06. The highest BCUT2D eigenvalue weighted by Crippen LogP contribution is 2.35. The fraction of sp³-hybridized carbons (Fsp3) is 0.0714. The number of imidazole rings is 1. The highest BCUT2D eigenvalue weighted by atomic mass is 32.2. The summed E-state index contributed by atoms with van der Waals surface area (Å²) in [6.07, 6.45) is -4.70. The highest BCUT2D eigenvalue weighted by molar-refractivity contribution is 7.92. The Labute approximate surface area is 133 Å². The zero-order valence-corrected chi connectivity index (χ0v) is 12.6. The zero-order valence-electron chi connectivity index (χ0n) is 11.8. The number of hydrogen-bond acceptors (Lipinski definition) is 3. The molecule has 0 bridgehead atoms. The van der Waals surface area contributed by atoms with Crippen LogP contribution in [0.3, 0.4) is 0 Å². The van der Waals surface area contributed by atoms with Crippen LogP contribution in [0.5, 0.6) is 0 Å². The first kappa shape index (κ1) is 16.1. The molecular weight excluding hydrogens is 347 g/mol. The second-order valence-electron chi connectivity index (χ2n) is 4.94. The maximum absolute atomic E-state index is 13.0. The number of rotatable bonds is 3. The zero-order chi connectivity index (χ0) is 17.5. The Morgan fingerprint density at radius 2 is 1.62 bits per heavy atom. The van der Waals surface area contributed by atoms with Crippen LogP contribution in [0.15, 0.2) is 52.2 Å². The van der Waals surface area contributed by atoms with E-state index in [1.807, 2.05) is 4.72 Å². The molecule has 0 aliphatic rings. The minimum Gasteiger partial charge on any atom is -0.306 e. The number of benzene rings is 2. The van der Waals surface area contributed by atoms with Gasteiger partial charge in [-0.2, -0.15) is 13.2 Å². The van der Waals surface area contributed by atoms with Crippen molar-refractivity contribution in [2.75, 3.05) is 4.72 Å². The molecular formula is C14H10F3N3O3S. The van der Waals surface area contributed by atoms with Crippen molar-refractivity contribution in [2.45, 2.75) is 11.1 Å². The van der Waals surface area contributed by atoms with Crippen molar-refractivity contribution >= 4 is 26.7 Å². The lowest BCUT2D eigenvalue weighted by Crippen LogP contribution is -2.17. The molecule has 0 atom stereocenters. The van der Waals surface area contributed by atoms with Crippen LogP contribution in [0.25, 0.3) is 11.0 Å². The Bertz CT molecular complexity index is 1070. The van der Waals surface area contributed by atoms with Crippen LogP contribution in [0.4, 0.5) is 18.9 Å². The molecule has 3 rings (SSSR count). The van der Waals surface area contributed by atoms with Crippen molar-refractivity contribution in [3.05, 3.63) is 58.5 Å². The first-order chi connectivity index (χ1) is 11.2. The molecule has 0 aliphatic heterocycles. The van der Waals surface area contributed by atoms with Gasteiger partial charge in [-0.15, -0.1) is 0 Å². The number of fused-ring (bicyclic) bond motifs is 1. The summed E-state index contributed by atoms with van der Waals surface area (Å²) in [5.74, 6) is 0. The Hall–Kier alpha value is -2.75. The number of aromatic amines is 2. The third-order valence-electron chi connectivity index (χ3n) is 3.27. The average Bonchev–Trinajstić information content (AvgIpc) is 2.85. The predicted molar refractivity (Wildman–Crippen MR) is 81.2 cm³/mol. The van der Waals surface area contributed by atoms with E-state index < -0.39 is 33.1 Å². The van der Waals surface area contributed by atoms with E-state index in [1.54, 1.807) is 0 Å². The van der Waals surface area contributed by atoms with Gasteiger partial charge in [-0.25, -0.2) is 13.2 Å². The molecule has 24 heavy (non-hydrogen) atoms. The Kier molecular flexibility index (Phi) is 3.63. The second-order valence-corrected chi connectivity index (χ2v) is 6.62. The van der Waals surface area contributed by atoms with Crippen LogP contribution in [-0.2, 0) is 16.2 Å². The monoisotopic (exact) mass is 357 g/mol. The number of para-hydroxylation sites is 1. The van der Waals surface area contributed by atoms with Gasteiger partial charge in [0, 0.05) is 0 Å². The van der Waals surface area contributed by atoms with E-state index in [9.17, 15) is 26.4 Å². The van der Waals surface area contributed by atoms with Gasteiger partial charge in [-0.1, -0.05) is 12.1 Å². The SMILES string of the molecule is O=c1[nH]c2ccc(S(=O)(=O)Nc3ccccc3C(F)(F)F)cc2[nH]1. The lowest BCUT2D eigenvalue weighted by molar-refractivity contribution is -0.136. The number of nitrogens with one attached hydrogen (secondary N) is 3. The third-order valence-corrected chi connectivity index (χ3v) is 4.64. The summed E-state index contributed by atoms with van der Waals surface area (Å²) >= 11 is 0. The summed E-state index contributed by atoms with van der Waals surface area (Å²) in [6, 6.07) is 7.95. The molecule has 10 heteroatoms. The smallest absolute Gasteiger partial charge is 0.306 e. The van der Waals surface area contributed by atoms with Crippen LogP contribution in [0.1, 0.15) is 5.56 Å². The molecule has 6 nitrogen and oxygen atoms in total. The molecule has 2 aromatic carbocycles. The topological polar surface area (TPSA) is 94.8 Å². The third kappa shape index (κ3) is 3.00. The maximum atomic E-state index is 13.0. The molecule has 1 aromatic heterocycles. The summed E-state index contributed by atoms with van der Waals surface area (Å²) < 4.78 is 65.5. The van der Waals surface area contributed by atoms with Crippen LogP contribution in [0, 0.1) is 0 Å². The van der Waals surface area contributed by atoms with E-state index >= 15 is 0 Å². The molecule has 0 saturated carbocycles. The van der Waals surface area contributed by atoms with Gasteiger partial charge in [0.05, 0.1) is 27.2 Å². The summed E-state index contributed by atoms with van der Waals surface area (Å²) in [5, 5.41) is 0. The molecule has 0 unspecified atom stereocenters. The van der Waals surface area contributed by atoms with E-state index in [4.69, 9.17) is 0 Å². The molecule has 0 spiro atoms. The molecule has 0 fully saturated rings. The number of anilines is 1. The lowest BCUT2D eigenvalue weighted by atomic mass is 10.2. The van der Waals surface area contributed by atoms with Gasteiger partial charge in [0.25, 0.3) is 10.0 Å². The van der Waals surface area contributed by atoms with Crippen LogP contribution >= 0.6 is 0 Å². The van der Waals surface area contributed by atoms with Crippen molar-refractivity contribution in [1.29, 1.82) is 0 Å². The van der Waals surface area contributed by atoms with Crippen molar-refractivity contribution in [3.8, 4) is 0 Å². The minimum absolute atomic E-state index is 0.229. The molecule has 1 heterocycles. The van der Waals surface area contributed by atoms with Gasteiger partial charge < -0.3 is 9.97 Å². The van der Waals surface area contributed by atoms with Gasteiger partial charge in [0.2, 0.25) is 0 Å². The quantitative estimate of drug-likeness (QED) is 0.673. The van der Waals surface area contributed by atoms with Gasteiger partial charge in [-0.05, 0) is 30.3 Å². The molecule has 3 N–H and O–H groups in total. The average molecular weight is 357 g/mol. The molecule has 3 aromatic rings. The van der Waals surface area contributed by atoms with Gasteiger partial charge in [0.15, 0.2) is 0 Å². The number of aromatic nitrogens is 2. The fourth-order valence-corrected chi connectivity index (χ4v) is 3.31. The number of halogens is 3. The standard InChI is InChI=1S/C14H10F3N3O3S/c15-14(16,17)9-3-1-2-4-10(9)20-24(22,23)8-5-6-11-12(7-8)19-13(21)18-11/h1-7,20H,(H2,18,19,21). The molecule has 126 valence electrons. The van der Waals surface area contributed by atoms with Crippen LogP contribution in [-0.4, -0.2) is 18.4 Å². The number of hydrogen-bond donors (Lipinski definition) is 3. The highest BCUT2D eigenvalue weighted by Gasteiger charge is 2.34. The summed E-state index contributed by atoms with van der Waals surface area (Å²) in [7, 11) is -4.26. The van der Waals surface area contributed by atoms with E-state index in [0.29, 0.717) is 5.52 Å². The maximum Gasteiger partial charge on any atom is 0.418 e. The van der Waals surface area contributed by atoms with E-state index in [1.165, 1.54) is 18.2 Å². The van der Waals surface area contributed by atoms with Crippen molar-refractivity contribution in [3.63, 3.8) is 0 Å². The molecule has 0 radical (unpaired) electrons. The van der Waals surface area contributed by atoms with Crippen molar-refractivity contribution in [2.24, 2.45) is 0 Å². The van der Waals surface area contributed by atoms with Crippen molar-refractivity contribution in [1.82, 2.24) is 9.97 Å². The van der Waals surface area contributed by atoms with Gasteiger partial charge >= 0.3 is 11.9 Å². The van der Waals surface area contributed by atoms with E-state index in [-0.39, 0.29) is 10.4 Å². The Balaban J connectivity index is 2.03. The summed E-state index contributed by atoms with van der Waals surface area (Å²) in [4.78, 5) is 15.7. The molecule has 0 aliphatic carbocycles. The number of H-pyrrole nitrogens is 2. The Morgan fingerprint density at radius 3 is 2.33 bits per heavy atom.